The zero-order chi connectivity index (χ0) is 26.1. The molecule has 1 aromatic heterocycles. The highest BCUT2D eigenvalue weighted by Crippen LogP contribution is 2.37. The number of amides is 3. The Bertz CT molecular complexity index is 1170. The first kappa shape index (κ1) is 25.5. The van der Waals surface area contributed by atoms with E-state index in [2.05, 4.69) is 40.4 Å². The molecular formula is C28H39N5O4. The van der Waals surface area contributed by atoms with E-state index in [4.69, 9.17) is 4.74 Å². The summed E-state index contributed by atoms with van der Waals surface area (Å²) in [5.41, 5.74) is 2.97. The molecule has 1 unspecified atom stereocenters. The maximum atomic E-state index is 12.4. The summed E-state index contributed by atoms with van der Waals surface area (Å²) < 4.78 is 7.02. The quantitative estimate of drug-likeness (QED) is 0.616. The molecule has 5 rings (SSSR count). The number of fused-ring (bicyclic) bond motifs is 1. The number of aryl methyl sites for hydroxylation is 1. The van der Waals surface area contributed by atoms with Gasteiger partial charge in [-0.3, -0.25) is 19.6 Å². The first-order chi connectivity index (χ1) is 17.8. The number of hydrogen-bond donors (Lipinski definition) is 1. The normalized spacial score (nSPS) is 25.4. The molecule has 0 spiro atoms. The summed E-state index contributed by atoms with van der Waals surface area (Å²) >= 11 is 0. The first-order valence-corrected chi connectivity index (χ1v) is 13.8. The topological polar surface area (TPSA) is 96.8 Å². The third-order valence-corrected chi connectivity index (χ3v) is 8.66. The monoisotopic (exact) mass is 509 g/mol. The summed E-state index contributed by atoms with van der Waals surface area (Å²) in [5, 5.41) is 8.13. The van der Waals surface area contributed by atoms with Crippen LogP contribution in [0.3, 0.4) is 0 Å². The summed E-state index contributed by atoms with van der Waals surface area (Å²) in [6.45, 7) is 8.32. The number of likely N-dealkylation sites (tertiary alicyclic amines) is 1. The van der Waals surface area contributed by atoms with Crippen molar-refractivity contribution in [3.05, 3.63) is 23.9 Å². The Labute approximate surface area is 218 Å². The highest BCUT2D eigenvalue weighted by atomic mass is 16.6. The van der Waals surface area contributed by atoms with Gasteiger partial charge in [0, 0.05) is 50.7 Å². The van der Waals surface area contributed by atoms with Gasteiger partial charge in [0.2, 0.25) is 11.8 Å². The highest BCUT2D eigenvalue weighted by Gasteiger charge is 2.33. The van der Waals surface area contributed by atoms with E-state index >= 15 is 0 Å². The summed E-state index contributed by atoms with van der Waals surface area (Å²) in [4.78, 5) is 40.3. The van der Waals surface area contributed by atoms with Crippen LogP contribution in [0.2, 0.25) is 0 Å². The van der Waals surface area contributed by atoms with Crippen molar-refractivity contribution in [1.82, 2.24) is 20.0 Å². The number of piperidine rings is 3. The predicted molar refractivity (Wildman–Crippen MR) is 141 cm³/mol. The van der Waals surface area contributed by atoms with Gasteiger partial charge in [0.15, 0.2) is 0 Å². The van der Waals surface area contributed by atoms with Crippen LogP contribution in [0.4, 0.5) is 10.5 Å². The van der Waals surface area contributed by atoms with Crippen molar-refractivity contribution in [2.24, 2.45) is 24.8 Å². The summed E-state index contributed by atoms with van der Waals surface area (Å²) in [5.74, 6) is 1.15. The number of benzene rings is 1. The largest absolute Gasteiger partial charge is 0.450 e. The number of rotatable bonds is 5. The van der Waals surface area contributed by atoms with Crippen LogP contribution in [0.15, 0.2) is 18.2 Å². The van der Waals surface area contributed by atoms with Crippen LogP contribution >= 0.6 is 0 Å². The summed E-state index contributed by atoms with van der Waals surface area (Å²) in [7, 11) is 1.92. The van der Waals surface area contributed by atoms with Gasteiger partial charge in [0.1, 0.15) is 0 Å². The highest BCUT2D eigenvalue weighted by molar-refractivity contribution is 6.02. The minimum atomic E-state index is -0.382. The van der Waals surface area contributed by atoms with Crippen molar-refractivity contribution >= 4 is 34.5 Å². The smallest absolute Gasteiger partial charge is 0.409 e. The average molecular weight is 510 g/mol. The molecule has 0 saturated carbocycles. The van der Waals surface area contributed by atoms with Crippen LogP contribution < -0.4 is 10.2 Å². The van der Waals surface area contributed by atoms with E-state index in [1.54, 1.807) is 0 Å². The Morgan fingerprint density at radius 2 is 1.92 bits per heavy atom. The molecule has 9 nitrogen and oxygen atoms in total. The molecule has 3 atom stereocenters. The van der Waals surface area contributed by atoms with Gasteiger partial charge in [-0.05, 0) is 75.0 Å². The molecular weight excluding hydrogens is 470 g/mol. The van der Waals surface area contributed by atoms with Gasteiger partial charge < -0.3 is 14.5 Å². The first-order valence-electron chi connectivity index (χ1n) is 13.8. The fourth-order valence-corrected chi connectivity index (χ4v) is 6.46. The van der Waals surface area contributed by atoms with Crippen LogP contribution in [-0.2, 0) is 21.4 Å². The second kappa shape index (κ2) is 10.7. The number of carbonyl (C=O) groups is 3. The molecule has 1 N–H and O–H groups in total. The average Bonchev–Trinajstić information content (AvgIpc) is 3.21. The number of nitrogens with one attached hydrogen (secondary N) is 1. The van der Waals surface area contributed by atoms with Crippen LogP contribution in [0, 0.1) is 17.8 Å². The second-order valence-electron chi connectivity index (χ2n) is 11.1. The van der Waals surface area contributed by atoms with Crippen molar-refractivity contribution < 1.29 is 19.1 Å². The number of nitrogens with zero attached hydrogens (tertiary/aromatic N) is 4. The van der Waals surface area contributed by atoms with Crippen molar-refractivity contribution in [2.45, 2.75) is 58.3 Å². The Hall–Kier alpha value is -3.10. The number of hydrogen-bond acceptors (Lipinski definition) is 6. The van der Waals surface area contributed by atoms with Gasteiger partial charge in [0.05, 0.1) is 23.7 Å². The Morgan fingerprint density at radius 3 is 2.62 bits per heavy atom. The van der Waals surface area contributed by atoms with E-state index in [-0.39, 0.29) is 23.8 Å². The SMILES string of the molecule is CCOC(=O)N1CCC(C[C@@H]2CCN(c3ccc4c(C5CCC(=O)NC5=O)nn(C)c4c3)C[C@H]2C)CC1. The van der Waals surface area contributed by atoms with Crippen molar-refractivity contribution in [2.75, 3.05) is 37.7 Å². The molecule has 9 heteroatoms. The van der Waals surface area contributed by atoms with E-state index in [1.165, 1.54) is 18.5 Å². The maximum Gasteiger partial charge on any atom is 0.409 e. The minimum Gasteiger partial charge on any atom is -0.450 e. The number of anilines is 1. The van der Waals surface area contributed by atoms with Gasteiger partial charge in [-0.2, -0.15) is 5.10 Å². The van der Waals surface area contributed by atoms with Gasteiger partial charge >= 0.3 is 6.09 Å². The van der Waals surface area contributed by atoms with E-state index < -0.39 is 0 Å². The molecule has 3 aliphatic heterocycles. The van der Waals surface area contributed by atoms with Gasteiger partial charge in [-0.1, -0.05) is 6.92 Å². The molecule has 37 heavy (non-hydrogen) atoms. The Kier molecular flexibility index (Phi) is 7.40. The molecule has 3 fully saturated rings. The summed E-state index contributed by atoms with van der Waals surface area (Å²) in [6, 6.07) is 6.43. The zero-order valence-electron chi connectivity index (χ0n) is 22.2. The van der Waals surface area contributed by atoms with Crippen LogP contribution in [0.25, 0.3) is 10.9 Å². The molecule has 2 aromatic rings. The number of imide groups is 1. The van der Waals surface area contributed by atoms with Crippen molar-refractivity contribution in [3.8, 4) is 0 Å². The van der Waals surface area contributed by atoms with Gasteiger partial charge in [0.25, 0.3) is 0 Å². The fraction of sp³-hybridized carbons (Fsp3) is 0.643. The molecule has 3 aliphatic rings. The van der Waals surface area contributed by atoms with E-state index in [1.807, 2.05) is 23.6 Å². The summed E-state index contributed by atoms with van der Waals surface area (Å²) in [6.07, 6.45) is 5.23. The number of aromatic nitrogens is 2. The van der Waals surface area contributed by atoms with Crippen LogP contribution in [0.1, 0.15) is 64.0 Å². The van der Waals surface area contributed by atoms with E-state index in [0.29, 0.717) is 37.2 Å². The number of ether oxygens (including phenoxy) is 1. The van der Waals surface area contributed by atoms with Gasteiger partial charge in [-0.15, -0.1) is 0 Å². The van der Waals surface area contributed by atoms with Crippen LogP contribution in [-0.4, -0.2) is 65.4 Å². The lowest BCUT2D eigenvalue weighted by Gasteiger charge is -2.41. The van der Waals surface area contributed by atoms with Crippen molar-refractivity contribution in [3.63, 3.8) is 0 Å². The molecule has 1 aromatic carbocycles. The molecule has 0 aliphatic carbocycles. The minimum absolute atomic E-state index is 0.169. The molecule has 0 radical (unpaired) electrons. The number of carbonyl (C=O) groups excluding carboxylic acids is 3. The zero-order valence-corrected chi connectivity index (χ0v) is 22.2. The second-order valence-corrected chi connectivity index (χ2v) is 11.1. The van der Waals surface area contributed by atoms with Crippen molar-refractivity contribution in [1.29, 1.82) is 0 Å². The molecule has 3 saturated heterocycles. The van der Waals surface area contributed by atoms with E-state index in [9.17, 15) is 14.4 Å². The fourth-order valence-electron chi connectivity index (χ4n) is 6.46. The predicted octanol–water partition coefficient (Wildman–Crippen LogP) is 3.81. The molecule has 0 bridgehead atoms. The molecule has 4 heterocycles. The Balaban J connectivity index is 1.20. The lowest BCUT2D eigenvalue weighted by atomic mass is 9.78. The van der Waals surface area contributed by atoms with Crippen LogP contribution in [0.5, 0.6) is 0 Å². The standard InChI is InChI=1S/C28H39N5O4/c1-4-37-28(36)32-12-9-19(10-13-32)15-20-11-14-33(17-18(20)2)21-5-6-22-24(16-21)31(3)30-26(22)23-7-8-25(34)29-27(23)35/h5-6,16,18-20,23H,4,7-15,17H2,1-3H3,(H,29,34,35)/t18-,20+,23?/m1/s1. The Morgan fingerprint density at radius 1 is 1.14 bits per heavy atom. The van der Waals surface area contributed by atoms with E-state index in [0.717, 1.165) is 55.6 Å². The van der Waals surface area contributed by atoms with Gasteiger partial charge in [-0.25, -0.2) is 4.79 Å². The third-order valence-electron chi connectivity index (χ3n) is 8.66. The molecule has 200 valence electrons. The lowest BCUT2D eigenvalue weighted by Crippen LogP contribution is -2.42. The maximum absolute atomic E-state index is 12.4. The lowest BCUT2D eigenvalue weighted by molar-refractivity contribution is -0.134. The molecule has 3 amide bonds. The third kappa shape index (κ3) is 5.31.